The lowest BCUT2D eigenvalue weighted by atomic mass is 9.94. The zero-order valence-corrected chi connectivity index (χ0v) is 10.3. The predicted molar refractivity (Wildman–Crippen MR) is 61.2 cm³/mol. The molecule has 1 unspecified atom stereocenters. The quantitative estimate of drug-likeness (QED) is 0.876. The maximum atomic E-state index is 3.60. The van der Waals surface area contributed by atoms with Crippen LogP contribution in [-0.4, -0.2) is 7.05 Å². The first-order valence-electron chi connectivity index (χ1n) is 4.56. The van der Waals surface area contributed by atoms with E-state index in [0.29, 0.717) is 11.5 Å². The lowest BCUT2D eigenvalue weighted by Gasteiger charge is -2.22. The van der Waals surface area contributed by atoms with E-state index in [-0.39, 0.29) is 0 Å². The third kappa shape index (κ3) is 1.69. The average Bonchev–Trinajstić information content (AvgIpc) is 2.69. The van der Waals surface area contributed by atoms with Gasteiger partial charge in [0.05, 0.1) is 0 Å². The molecule has 0 aromatic carbocycles. The zero-order chi connectivity index (χ0) is 9.47. The summed E-state index contributed by atoms with van der Waals surface area (Å²) in [5.41, 5.74) is 1.92. The molecule has 1 aromatic rings. The highest BCUT2D eigenvalue weighted by Gasteiger charge is 2.45. The van der Waals surface area contributed by atoms with Crippen LogP contribution >= 0.6 is 27.3 Å². The zero-order valence-electron chi connectivity index (χ0n) is 7.93. The SMILES string of the molecule is CNC(c1cscc1Br)C1(C)CC1. The Morgan fingerprint density at radius 2 is 2.23 bits per heavy atom. The van der Waals surface area contributed by atoms with Gasteiger partial charge in [0.2, 0.25) is 0 Å². The van der Waals surface area contributed by atoms with Gasteiger partial charge < -0.3 is 5.32 Å². The van der Waals surface area contributed by atoms with Gasteiger partial charge in [-0.1, -0.05) is 6.92 Å². The van der Waals surface area contributed by atoms with Gasteiger partial charge in [0.15, 0.2) is 0 Å². The Morgan fingerprint density at radius 3 is 2.62 bits per heavy atom. The van der Waals surface area contributed by atoms with Crippen LogP contribution in [0.5, 0.6) is 0 Å². The molecule has 0 spiro atoms. The standard InChI is InChI=1S/C10H14BrNS/c1-10(3-4-10)9(12-2)7-5-13-6-8(7)11/h5-6,9,12H,3-4H2,1-2H3. The van der Waals surface area contributed by atoms with Gasteiger partial charge in [0.1, 0.15) is 0 Å². The molecule has 1 atom stereocenters. The van der Waals surface area contributed by atoms with E-state index in [0.717, 1.165) is 0 Å². The van der Waals surface area contributed by atoms with Crippen LogP contribution in [0.3, 0.4) is 0 Å². The fourth-order valence-electron chi connectivity index (χ4n) is 1.86. The molecule has 72 valence electrons. The Morgan fingerprint density at radius 1 is 1.54 bits per heavy atom. The molecule has 1 N–H and O–H groups in total. The van der Waals surface area contributed by atoms with Crippen molar-refractivity contribution in [2.75, 3.05) is 7.05 Å². The Kier molecular flexibility index (Phi) is 2.51. The van der Waals surface area contributed by atoms with Crippen LogP contribution in [-0.2, 0) is 0 Å². The average molecular weight is 260 g/mol. The summed E-state index contributed by atoms with van der Waals surface area (Å²) in [4.78, 5) is 0. The maximum Gasteiger partial charge on any atom is 0.0391 e. The Balaban J connectivity index is 2.27. The van der Waals surface area contributed by atoms with Crippen LogP contribution in [0.25, 0.3) is 0 Å². The third-order valence-electron chi connectivity index (χ3n) is 2.98. The molecule has 0 aliphatic heterocycles. The molecular formula is C10H14BrNS. The lowest BCUT2D eigenvalue weighted by Crippen LogP contribution is -2.24. The topological polar surface area (TPSA) is 12.0 Å². The molecule has 1 aromatic heterocycles. The van der Waals surface area contributed by atoms with Crippen LogP contribution in [0, 0.1) is 5.41 Å². The van der Waals surface area contributed by atoms with Gasteiger partial charge in [-0.2, -0.15) is 11.3 Å². The van der Waals surface area contributed by atoms with Crippen molar-refractivity contribution < 1.29 is 0 Å². The highest BCUT2D eigenvalue weighted by Crippen LogP contribution is 2.55. The molecule has 1 heterocycles. The number of halogens is 1. The van der Waals surface area contributed by atoms with Gasteiger partial charge in [-0.15, -0.1) is 0 Å². The minimum absolute atomic E-state index is 0.498. The number of rotatable bonds is 3. The van der Waals surface area contributed by atoms with Crippen LogP contribution in [0.1, 0.15) is 31.4 Å². The van der Waals surface area contributed by atoms with E-state index in [4.69, 9.17) is 0 Å². The fourth-order valence-corrected chi connectivity index (χ4v) is 3.41. The summed E-state index contributed by atoms with van der Waals surface area (Å²) < 4.78 is 1.25. The second kappa shape index (κ2) is 3.37. The van der Waals surface area contributed by atoms with E-state index in [9.17, 15) is 0 Å². The van der Waals surface area contributed by atoms with Crippen molar-refractivity contribution in [2.24, 2.45) is 5.41 Å². The number of hydrogen-bond acceptors (Lipinski definition) is 2. The molecule has 3 heteroatoms. The summed E-state index contributed by atoms with van der Waals surface area (Å²) in [6, 6.07) is 0.521. The molecule has 13 heavy (non-hydrogen) atoms. The first-order valence-corrected chi connectivity index (χ1v) is 6.30. The van der Waals surface area contributed by atoms with Crippen LogP contribution in [0.15, 0.2) is 15.2 Å². The summed E-state index contributed by atoms with van der Waals surface area (Å²) in [7, 11) is 2.05. The Hall–Kier alpha value is 0.140. The van der Waals surface area contributed by atoms with Gasteiger partial charge in [0.25, 0.3) is 0 Å². The summed E-state index contributed by atoms with van der Waals surface area (Å²) >= 11 is 5.37. The van der Waals surface area contributed by atoms with E-state index in [1.165, 1.54) is 22.9 Å². The number of thiophene rings is 1. The lowest BCUT2D eigenvalue weighted by molar-refractivity contribution is 0.390. The van der Waals surface area contributed by atoms with Crippen LogP contribution in [0.4, 0.5) is 0 Å². The monoisotopic (exact) mass is 259 g/mol. The molecule has 1 aliphatic rings. The summed E-state index contributed by atoms with van der Waals surface area (Å²) in [5, 5.41) is 7.83. The molecule has 1 saturated carbocycles. The first-order chi connectivity index (χ1) is 6.17. The second-order valence-electron chi connectivity index (χ2n) is 4.05. The van der Waals surface area contributed by atoms with Crippen molar-refractivity contribution >= 4 is 27.3 Å². The van der Waals surface area contributed by atoms with Gasteiger partial charge in [-0.25, -0.2) is 0 Å². The molecule has 2 rings (SSSR count). The highest BCUT2D eigenvalue weighted by atomic mass is 79.9. The Bertz CT molecular complexity index is 304. The van der Waals surface area contributed by atoms with Crippen LogP contribution < -0.4 is 5.32 Å². The largest absolute Gasteiger partial charge is 0.312 e. The minimum atomic E-state index is 0.498. The van der Waals surface area contributed by atoms with Crippen molar-refractivity contribution in [1.82, 2.24) is 5.32 Å². The normalized spacial score (nSPS) is 21.5. The van der Waals surface area contributed by atoms with E-state index in [1.54, 1.807) is 11.3 Å². The van der Waals surface area contributed by atoms with Crippen molar-refractivity contribution in [1.29, 1.82) is 0 Å². The second-order valence-corrected chi connectivity index (χ2v) is 5.65. The van der Waals surface area contributed by atoms with E-state index in [2.05, 4.69) is 46.0 Å². The molecule has 0 radical (unpaired) electrons. The van der Waals surface area contributed by atoms with E-state index in [1.807, 2.05) is 0 Å². The minimum Gasteiger partial charge on any atom is -0.312 e. The molecule has 0 bridgehead atoms. The van der Waals surface area contributed by atoms with Crippen molar-refractivity contribution in [3.63, 3.8) is 0 Å². The smallest absolute Gasteiger partial charge is 0.0391 e. The van der Waals surface area contributed by atoms with Crippen molar-refractivity contribution in [2.45, 2.75) is 25.8 Å². The molecule has 0 amide bonds. The highest BCUT2D eigenvalue weighted by molar-refractivity contribution is 9.10. The van der Waals surface area contributed by atoms with Crippen molar-refractivity contribution in [3.05, 3.63) is 20.8 Å². The Labute approximate surface area is 91.7 Å². The maximum absolute atomic E-state index is 3.60. The number of hydrogen-bond donors (Lipinski definition) is 1. The first kappa shape index (κ1) is 9.69. The van der Waals surface area contributed by atoms with E-state index >= 15 is 0 Å². The molecule has 1 aliphatic carbocycles. The number of nitrogens with one attached hydrogen (secondary N) is 1. The van der Waals surface area contributed by atoms with E-state index < -0.39 is 0 Å². The molecular weight excluding hydrogens is 246 g/mol. The molecule has 0 saturated heterocycles. The fraction of sp³-hybridized carbons (Fsp3) is 0.600. The van der Waals surface area contributed by atoms with Crippen LogP contribution in [0.2, 0.25) is 0 Å². The molecule has 1 fully saturated rings. The van der Waals surface area contributed by atoms with Gasteiger partial charge in [-0.3, -0.25) is 0 Å². The van der Waals surface area contributed by atoms with Gasteiger partial charge in [0, 0.05) is 15.9 Å². The van der Waals surface area contributed by atoms with Gasteiger partial charge in [-0.05, 0) is 52.2 Å². The van der Waals surface area contributed by atoms with Crippen molar-refractivity contribution in [3.8, 4) is 0 Å². The summed E-state index contributed by atoms with van der Waals surface area (Å²) in [6.45, 7) is 2.36. The molecule has 1 nitrogen and oxygen atoms in total. The third-order valence-corrected chi connectivity index (χ3v) is 4.73. The van der Waals surface area contributed by atoms with Gasteiger partial charge >= 0.3 is 0 Å². The summed E-state index contributed by atoms with van der Waals surface area (Å²) in [5.74, 6) is 0. The predicted octanol–water partition coefficient (Wildman–Crippen LogP) is 3.57. The summed E-state index contributed by atoms with van der Waals surface area (Å²) in [6.07, 6.45) is 2.70.